The Labute approximate surface area is 128 Å². The third kappa shape index (κ3) is 2.59. The lowest BCUT2D eigenvalue weighted by Crippen LogP contribution is -2.34. The number of carbonyl (C=O) groups is 1. The minimum Gasteiger partial charge on any atom is -0.356 e. The zero-order valence-electron chi connectivity index (χ0n) is 12.2. The zero-order chi connectivity index (χ0) is 15.7. The number of nitrogens with zero attached hydrogens (tertiary/aromatic N) is 2. The van der Waals surface area contributed by atoms with Crippen LogP contribution in [-0.2, 0) is 14.8 Å². The Morgan fingerprint density at radius 2 is 2.32 bits per heavy atom. The second-order valence-electron chi connectivity index (χ2n) is 5.32. The first-order chi connectivity index (χ1) is 10.5. The number of aromatic amines is 1. The van der Waals surface area contributed by atoms with Gasteiger partial charge in [0, 0.05) is 19.6 Å². The van der Waals surface area contributed by atoms with Gasteiger partial charge in [-0.1, -0.05) is 0 Å². The van der Waals surface area contributed by atoms with E-state index in [0.29, 0.717) is 25.0 Å². The number of aromatic nitrogens is 2. The van der Waals surface area contributed by atoms with Crippen LogP contribution in [-0.4, -0.2) is 48.2 Å². The minimum absolute atomic E-state index is 0.0794. The van der Waals surface area contributed by atoms with Crippen LogP contribution in [0.2, 0.25) is 0 Å². The van der Waals surface area contributed by atoms with Gasteiger partial charge in [0.15, 0.2) is 0 Å². The summed E-state index contributed by atoms with van der Waals surface area (Å²) < 4.78 is 26.8. The highest BCUT2D eigenvalue weighted by molar-refractivity contribution is 7.89. The molecule has 1 atom stereocenters. The number of rotatable bonds is 4. The van der Waals surface area contributed by atoms with Crippen molar-refractivity contribution in [2.45, 2.75) is 18.2 Å². The third-order valence-electron chi connectivity index (χ3n) is 3.90. The molecular formula is C14H18N4O3S. The molecule has 2 aromatic rings. The molecule has 2 heterocycles. The van der Waals surface area contributed by atoms with E-state index in [2.05, 4.69) is 15.3 Å². The Kier molecular flexibility index (Phi) is 3.88. The van der Waals surface area contributed by atoms with Crippen LogP contribution in [0.4, 0.5) is 0 Å². The van der Waals surface area contributed by atoms with Gasteiger partial charge in [-0.05, 0) is 31.5 Å². The van der Waals surface area contributed by atoms with Crippen molar-refractivity contribution in [3.63, 3.8) is 0 Å². The first-order valence-corrected chi connectivity index (χ1v) is 8.67. The second kappa shape index (κ2) is 5.69. The van der Waals surface area contributed by atoms with Gasteiger partial charge < -0.3 is 10.3 Å². The average Bonchev–Trinajstić information content (AvgIpc) is 3.16. The summed E-state index contributed by atoms with van der Waals surface area (Å²) in [6.07, 6.45) is 2.08. The maximum atomic E-state index is 12.7. The molecule has 8 heteroatoms. The van der Waals surface area contributed by atoms with E-state index in [9.17, 15) is 13.2 Å². The second-order valence-corrected chi connectivity index (χ2v) is 7.26. The van der Waals surface area contributed by atoms with Gasteiger partial charge in [-0.25, -0.2) is 13.4 Å². The van der Waals surface area contributed by atoms with Gasteiger partial charge in [-0.2, -0.15) is 4.31 Å². The molecule has 1 aromatic carbocycles. The van der Waals surface area contributed by atoms with E-state index in [0.717, 1.165) is 5.52 Å². The summed E-state index contributed by atoms with van der Waals surface area (Å²) in [4.78, 5) is 19.1. The molecule has 0 saturated carbocycles. The van der Waals surface area contributed by atoms with Gasteiger partial charge in [0.05, 0.1) is 28.2 Å². The first-order valence-electron chi connectivity index (χ1n) is 7.23. The maximum Gasteiger partial charge on any atom is 0.243 e. The van der Waals surface area contributed by atoms with Crippen molar-refractivity contribution in [3.05, 3.63) is 24.5 Å². The first kappa shape index (κ1) is 15.0. The standard InChI is InChI=1S/C14H18N4O3S/c1-2-15-14(19)10-5-6-18(8-10)22(20,21)11-3-4-12-13(7-11)17-9-16-12/h3-4,7,9-10H,2,5-6,8H2,1H3,(H,15,19)(H,16,17). The molecule has 1 amide bonds. The summed E-state index contributed by atoms with van der Waals surface area (Å²) in [6.45, 7) is 3.00. The van der Waals surface area contributed by atoms with E-state index >= 15 is 0 Å². The van der Waals surface area contributed by atoms with Crippen LogP contribution in [0, 0.1) is 5.92 Å². The van der Waals surface area contributed by atoms with E-state index in [1.807, 2.05) is 6.92 Å². The highest BCUT2D eigenvalue weighted by Crippen LogP contribution is 2.26. The lowest BCUT2D eigenvalue weighted by Gasteiger charge is -2.16. The predicted molar refractivity (Wildman–Crippen MR) is 81.6 cm³/mol. The number of imidazole rings is 1. The van der Waals surface area contributed by atoms with Crippen molar-refractivity contribution in [2.24, 2.45) is 5.92 Å². The molecule has 0 bridgehead atoms. The smallest absolute Gasteiger partial charge is 0.243 e. The highest BCUT2D eigenvalue weighted by Gasteiger charge is 2.35. The van der Waals surface area contributed by atoms with Crippen molar-refractivity contribution in [3.8, 4) is 0 Å². The molecule has 0 aliphatic carbocycles. The van der Waals surface area contributed by atoms with Crippen LogP contribution in [0.25, 0.3) is 11.0 Å². The predicted octanol–water partition coefficient (Wildman–Crippen LogP) is 0.710. The van der Waals surface area contributed by atoms with E-state index in [1.165, 1.54) is 10.6 Å². The van der Waals surface area contributed by atoms with Crippen LogP contribution in [0.5, 0.6) is 0 Å². The lowest BCUT2D eigenvalue weighted by molar-refractivity contribution is -0.124. The molecule has 1 fully saturated rings. The molecule has 1 aromatic heterocycles. The molecule has 7 nitrogen and oxygen atoms in total. The number of fused-ring (bicyclic) bond motifs is 1. The Balaban J connectivity index is 1.82. The minimum atomic E-state index is -3.58. The summed E-state index contributed by atoms with van der Waals surface area (Å²) >= 11 is 0. The third-order valence-corrected chi connectivity index (χ3v) is 5.76. The largest absolute Gasteiger partial charge is 0.356 e. The van der Waals surface area contributed by atoms with Crippen molar-refractivity contribution in [2.75, 3.05) is 19.6 Å². The summed E-state index contributed by atoms with van der Waals surface area (Å²) in [5.41, 5.74) is 1.40. The van der Waals surface area contributed by atoms with Gasteiger partial charge in [0.1, 0.15) is 0 Å². The van der Waals surface area contributed by atoms with Crippen molar-refractivity contribution < 1.29 is 13.2 Å². The van der Waals surface area contributed by atoms with Crippen LogP contribution < -0.4 is 5.32 Å². The number of benzene rings is 1. The maximum absolute atomic E-state index is 12.7. The molecule has 2 N–H and O–H groups in total. The average molecular weight is 322 g/mol. The molecule has 1 unspecified atom stereocenters. The van der Waals surface area contributed by atoms with Crippen molar-refractivity contribution >= 4 is 27.0 Å². The number of nitrogens with one attached hydrogen (secondary N) is 2. The highest BCUT2D eigenvalue weighted by atomic mass is 32.2. The van der Waals surface area contributed by atoms with Crippen molar-refractivity contribution in [1.82, 2.24) is 19.6 Å². The summed E-state index contributed by atoms with van der Waals surface area (Å²) in [6, 6.07) is 4.81. The Morgan fingerprint density at radius 3 is 3.09 bits per heavy atom. The topological polar surface area (TPSA) is 95.2 Å². The Morgan fingerprint density at radius 1 is 1.50 bits per heavy atom. The molecule has 118 valence electrons. The molecule has 0 spiro atoms. The molecule has 1 aliphatic rings. The van der Waals surface area contributed by atoms with Gasteiger partial charge in [-0.3, -0.25) is 4.79 Å². The molecular weight excluding hydrogens is 304 g/mol. The normalized spacial score (nSPS) is 19.6. The Bertz CT molecular complexity index is 799. The molecule has 1 saturated heterocycles. The number of hydrogen-bond acceptors (Lipinski definition) is 4. The van der Waals surface area contributed by atoms with Crippen molar-refractivity contribution in [1.29, 1.82) is 0 Å². The van der Waals surface area contributed by atoms with Crippen LogP contribution in [0.3, 0.4) is 0 Å². The quantitative estimate of drug-likeness (QED) is 0.866. The van der Waals surface area contributed by atoms with Crippen LogP contribution in [0.1, 0.15) is 13.3 Å². The fourth-order valence-electron chi connectivity index (χ4n) is 2.70. The van der Waals surface area contributed by atoms with Gasteiger partial charge >= 0.3 is 0 Å². The SMILES string of the molecule is CCNC(=O)C1CCN(S(=O)(=O)c2ccc3nc[nH]c3c2)C1. The molecule has 0 radical (unpaired) electrons. The van der Waals surface area contributed by atoms with E-state index < -0.39 is 10.0 Å². The van der Waals surface area contributed by atoms with E-state index in [-0.39, 0.29) is 23.3 Å². The summed E-state index contributed by atoms with van der Waals surface area (Å²) in [5, 5.41) is 2.75. The number of amides is 1. The molecule has 3 rings (SSSR count). The zero-order valence-corrected chi connectivity index (χ0v) is 13.1. The monoisotopic (exact) mass is 322 g/mol. The summed E-state index contributed by atoms with van der Waals surface area (Å²) in [7, 11) is -3.58. The van der Waals surface area contributed by atoms with Gasteiger partial charge in [0.2, 0.25) is 15.9 Å². The number of carbonyl (C=O) groups excluding carboxylic acids is 1. The van der Waals surface area contributed by atoms with E-state index in [1.54, 1.807) is 18.2 Å². The number of sulfonamides is 1. The fraction of sp³-hybridized carbons (Fsp3) is 0.429. The fourth-order valence-corrected chi connectivity index (χ4v) is 4.23. The lowest BCUT2D eigenvalue weighted by atomic mass is 10.1. The van der Waals surface area contributed by atoms with Crippen LogP contribution in [0.15, 0.2) is 29.4 Å². The molecule has 1 aliphatic heterocycles. The number of hydrogen-bond donors (Lipinski definition) is 2. The Hall–Kier alpha value is -1.93. The van der Waals surface area contributed by atoms with Crippen LogP contribution >= 0.6 is 0 Å². The summed E-state index contributed by atoms with van der Waals surface area (Å²) in [5.74, 6) is -0.352. The van der Waals surface area contributed by atoms with Gasteiger partial charge in [0.25, 0.3) is 0 Å². The molecule has 22 heavy (non-hydrogen) atoms. The van der Waals surface area contributed by atoms with E-state index in [4.69, 9.17) is 0 Å². The van der Waals surface area contributed by atoms with Gasteiger partial charge in [-0.15, -0.1) is 0 Å². The number of H-pyrrole nitrogens is 1.